The fraction of sp³-hybridized carbons (Fsp3) is 0.238. The number of hydrogen-bond donors (Lipinski definition) is 2. The van der Waals surface area contributed by atoms with E-state index in [1.54, 1.807) is 32.9 Å². The number of benzene rings is 1. The van der Waals surface area contributed by atoms with Crippen molar-refractivity contribution in [1.82, 2.24) is 10.3 Å². The normalized spacial score (nSPS) is 10.6. The Balaban J connectivity index is 1.96. The van der Waals surface area contributed by atoms with Crippen molar-refractivity contribution in [3.05, 3.63) is 55.9 Å². The van der Waals surface area contributed by atoms with Gasteiger partial charge in [0.05, 0.1) is 22.7 Å². The summed E-state index contributed by atoms with van der Waals surface area (Å²) >= 11 is 8.31. The van der Waals surface area contributed by atoms with E-state index in [9.17, 15) is 14.4 Å². The zero-order valence-electron chi connectivity index (χ0n) is 17.3. The van der Waals surface area contributed by atoms with Crippen molar-refractivity contribution in [2.24, 2.45) is 0 Å². The fourth-order valence-electron chi connectivity index (χ4n) is 2.89. The number of aromatic nitrogens is 1. The summed E-state index contributed by atoms with van der Waals surface area (Å²) in [6.45, 7) is 5.25. The van der Waals surface area contributed by atoms with Crippen LogP contribution in [0.4, 0.5) is 5.00 Å². The first-order valence-corrected chi connectivity index (χ1v) is 11.3. The number of carbonyl (C=O) groups is 3. The number of aryl methyl sites for hydroxylation is 1. The second kappa shape index (κ2) is 9.59. The predicted molar refractivity (Wildman–Crippen MR) is 124 cm³/mol. The van der Waals surface area contributed by atoms with Gasteiger partial charge in [0.2, 0.25) is 0 Å². The molecule has 0 bridgehead atoms. The fourth-order valence-corrected chi connectivity index (χ4v) is 5.18. The van der Waals surface area contributed by atoms with Crippen molar-refractivity contribution in [3.63, 3.8) is 0 Å². The lowest BCUT2D eigenvalue weighted by Crippen LogP contribution is -2.18. The SMILES string of the molecule is CCOC(=O)c1c(NC(=O)c2sc(-c3cccc(Cl)c3)nc2C)sc(C(=O)NC)c1C. The molecule has 3 aromatic rings. The molecule has 0 radical (unpaired) electrons. The van der Waals surface area contributed by atoms with Gasteiger partial charge < -0.3 is 15.4 Å². The van der Waals surface area contributed by atoms with E-state index in [0.29, 0.717) is 31.0 Å². The largest absolute Gasteiger partial charge is 0.462 e. The van der Waals surface area contributed by atoms with Crippen LogP contribution in [0.15, 0.2) is 24.3 Å². The van der Waals surface area contributed by atoms with Gasteiger partial charge in [-0.2, -0.15) is 0 Å². The highest BCUT2D eigenvalue weighted by Crippen LogP contribution is 2.35. The number of anilines is 1. The lowest BCUT2D eigenvalue weighted by Gasteiger charge is -2.06. The molecule has 0 saturated carbocycles. The van der Waals surface area contributed by atoms with E-state index in [4.69, 9.17) is 16.3 Å². The molecule has 0 atom stereocenters. The molecule has 0 fully saturated rings. The van der Waals surface area contributed by atoms with Crippen LogP contribution in [0.1, 0.15) is 47.9 Å². The van der Waals surface area contributed by atoms with Crippen molar-refractivity contribution in [3.8, 4) is 10.6 Å². The maximum atomic E-state index is 13.0. The third-order valence-electron chi connectivity index (χ3n) is 4.36. The van der Waals surface area contributed by atoms with Gasteiger partial charge in [0.15, 0.2) is 0 Å². The van der Waals surface area contributed by atoms with Crippen LogP contribution in [0.2, 0.25) is 5.02 Å². The van der Waals surface area contributed by atoms with E-state index in [1.165, 1.54) is 18.4 Å². The number of amides is 2. The molecular weight excluding hydrogens is 458 g/mol. The zero-order valence-corrected chi connectivity index (χ0v) is 19.7. The molecule has 2 amide bonds. The highest BCUT2D eigenvalue weighted by Gasteiger charge is 2.27. The number of hydrogen-bond acceptors (Lipinski definition) is 7. The van der Waals surface area contributed by atoms with Crippen LogP contribution >= 0.6 is 34.3 Å². The van der Waals surface area contributed by atoms with Gasteiger partial charge in [-0.3, -0.25) is 9.59 Å². The molecule has 2 heterocycles. The monoisotopic (exact) mass is 477 g/mol. The molecule has 7 nitrogen and oxygen atoms in total. The first kappa shape index (κ1) is 22.9. The minimum Gasteiger partial charge on any atom is -0.462 e. The van der Waals surface area contributed by atoms with E-state index < -0.39 is 11.9 Å². The number of nitrogens with zero attached hydrogens (tertiary/aromatic N) is 1. The summed E-state index contributed by atoms with van der Waals surface area (Å²) in [6, 6.07) is 7.22. The Labute approximate surface area is 192 Å². The molecule has 0 spiro atoms. The molecule has 2 N–H and O–H groups in total. The molecule has 0 aliphatic carbocycles. The minimum absolute atomic E-state index is 0.174. The molecule has 3 rings (SSSR count). The average molecular weight is 478 g/mol. The highest BCUT2D eigenvalue weighted by atomic mass is 35.5. The van der Waals surface area contributed by atoms with E-state index in [1.807, 2.05) is 12.1 Å². The smallest absolute Gasteiger partial charge is 0.341 e. The second-order valence-electron chi connectivity index (χ2n) is 6.46. The maximum Gasteiger partial charge on any atom is 0.341 e. The Morgan fingerprint density at radius 3 is 2.52 bits per heavy atom. The highest BCUT2D eigenvalue weighted by molar-refractivity contribution is 7.19. The lowest BCUT2D eigenvalue weighted by molar-refractivity contribution is 0.0527. The number of halogens is 1. The summed E-state index contributed by atoms with van der Waals surface area (Å²) < 4.78 is 5.12. The number of thiazole rings is 1. The first-order valence-electron chi connectivity index (χ1n) is 9.34. The molecule has 0 unspecified atom stereocenters. The zero-order chi connectivity index (χ0) is 22.7. The average Bonchev–Trinajstić information content (AvgIpc) is 3.27. The summed E-state index contributed by atoms with van der Waals surface area (Å²) in [6.07, 6.45) is 0. The molecule has 2 aromatic heterocycles. The van der Waals surface area contributed by atoms with E-state index in [-0.39, 0.29) is 23.1 Å². The van der Waals surface area contributed by atoms with Crippen LogP contribution in [0.3, 0.4) is 0 Å². The summed E-state index contributed by atoms with van der Waals surface area (Å²) in [5.41, 5.74) is 1.99. The molecule has 10 heteroatoms. The van der Waals surface area contributed by atoms with E-state index in [0.717, 1.165) is 16.9 Å². The number of ether oxygens (including phenoxy) is 1. The third-order valence-corrected chi connectivity index (χ3v) is 7.01. The summed E-state index contributed by atoms with van der Waals surface area (Å²) in [4.78, 5) is 42.9. The van der Waals surface area contributed by atoms with Gasteiger partial charge in [-0.1, -0.05) is 23.7 Å². The Morgan fingerprint density at radius 1 is 1.13 bits per heavy atom. The number of thiophene rings is 1. The van der Waals surface area contributed by atoms with Crippen LogP contribution in [-0.4, -0.2) is 36.4 Å². The summed E-state index contributed by atoms with van der Waals surface area (Å²) in [7, 11) is 1.50. The third kappa shape index (κ3) is 4.79. The van der Waals surface area contributed by atoms with Crippen LogP contribution in [0.25, 0.3) is 10.6 Å². The van der Waals surface area contributed by atoms with Crippen molar-refractivity contribution < 1.29 is 19.1 Å². The molecule has 0 saturated heterocycles. The second-order valence-corrected chi connectivity index (χ2v) is 8.91. The number of carbonyl (C=O) groups excluding carboxylic acids is 3. The molecule has 162 valence electrons. The van der Waals surface area contributed by atoms with Gasteiger partial charge in [0.1, 0.15) is 14.9 Å². The van der Waals surface area contributed by atoms with Gasteiger partial charge in [-0.05, 0) is 38.5 Å². The molecule has 0 aliphatic heterocycles. The van der Waals surface area contributed by atoms with Crippen molar-refractivity contribution in [2.75, 3.05) is 19.0 Å². The molecule has 0 aliphatic rings. The Bertz CT molecular complexity index is 1170. The Kier molecular flexibility index (Phi) is 7.09. The minimum atomic E-state index is -0.595. The number of nitrogens with one attached hydrogen (secondary N) is 2. The standard InChI is InChI=1S/C21H20ClN3O4S2/c1-5-29-21(28)14-10(2)15(17(26)23-4)30-20(14)25-18(27)16-11(3)24-19(31-16)12-7-6-8-13(22)9-12/h6-9H,5H2,1-4H3,(H,23,26)(H,25,27). The van der Waals surface area contributed by atoms with Gasteiger partial charge in [0, 0.05) is 17.6 Å². The van der Waals surface area contributed by atoms with Crippen LogP contribution in [0, 0.1) is 13.8 Å². The van der Waals surface area contributed by atoms with Crippen LogP contribution < -0.4 is 10.6 Å². The summed E-state index contributed by atoms with van der Waals surface area (Å²) in [5, 5.41) is 6.80. The maximum absolute atomic E-state index is 13.0. The van der Waals surface area contributed by atoms with Gasteiger partial charge in [-0.25, -0.2) is 9.78 Å². The van der Waals surface area contributed by atoms with Gasteiger partial charge in [0.25, 0.3) is 11.8 Å². The number of esters is 1. The van der Waals surface area contributed by atoms with E-state index >= 15 is 0 Å². The quantitative estimate of drug-likeness (QED) is 0.490. The van der Waals surface area contributed by atoms with Gasteiger partial charge in [-0.15, -0.1) is 22.7 Å². The Hall–Kier alpha value is -2.75. The van der Waals surface area contributed by atoms with Crippen molar-refractivity contribution in [1.29, 1.82) is 0 Å². The van der Waals surface area contributed by atoms with Crippen molar-refractivity contribution >= 4 is 57.1 Å². The van der Waals surface area contributed by atoms with Crippen LogP contribution in [0.5, 0.6) is 0 Å². The van der Waals surface area contributed by atoms with Crippen molar-refractivity contribution in [2.45, 2.75) is 20.8 Å². The lowest BCUT2D eigenvalue weighted by atomic mass is 10.1. The Morgan fingerprint density at radius 2 is 1.87 bits per heavy atom. The van der Waals surface area contributed by atoms with E-state index in [2.05, 4.69) is 15.6 Å². The molecule has 31 heavy (non-hydrogen) atoms. The van der Waals surface area contributed by atoms with Crippen LogP contribution in [-0.2, 0) is 4.74 Å². The first-order chi connectivity index (χ1) is 14.8. The van der Waals surface area contributed by atoms with Gasteiger partial charge >= 0.3 is 5.97 Å². The molecular formula is C21H20ClN3O4S2. The molecule has 1 aromatic carbocycles. The predicted octanol–water partition coefficient (Wildman–Crippen LogP) is 4.93. The topological polar surface area (TPSA) is 97.4 Å². The summed E-state index contributed by atoms with van der Waals surface area (Å²) in [5.74, 6) is -1.35. The number of rotatable bonds is 6.